The van der Waals surface area contributed by atoms with E-state index < -0.39 is 36.1 Å². The van der Waals surface area contributed by atoms with Gasteiger partial charge in [0.2, 0.25) is 0 Å². The first kappa shape index (κ1) is 28.8. The first-order valence-corrected chi connectivity index (χ1v) is 11.6. The highest BCUT2D eigenvalue weighted by atomic mass is 16.6. The van der Waals surface area contributed by atoms with E-state index in [1.54, 1.807) is 12.1 Å². The van der Waals surface area contributed by atoms with Crippen LogP contribution in [-0.2, 0) is 19.1 Å². The van der Waals surface area contributed by atoms with Crippen LogP contribution in [0.2, 0.25) is 0 Å². The van der Waals surface area contributed by atoms with Gasteiger partial charge in [-0.2, -0.15) is 0 Å². The Morgan fingerprint density at radius 1 is 0.833 bits per heavy atom. The quantitative estimate of drug-likeness (QED) is 0.322. The van der Waals surface area contributed by atoms with Crippen LogP contribution in [0, 0.1) is 0 Å². The maximum Gasteiger partial charge on any atom is 0.346 e. The normalized spacial score (nSPS) is 16.6. The van der Waals surface area contributed by atoms with Gasteiger partial charge in [-0.05, 0) is 43.7 Å². The Balaban J connectivity index is 0.000000380. The second kappa shape index (κ2) is 14.8. The van der Waals surface area contributed by atoms with Crippen LogP contribution in [0.3, 0.4) is 0 Å². The number of benzene rings is 2. The Hall–Kier alpha value is -3.44. The molecule has 0 radical (unpaired) electrons. The van der Waals surface area contributed by atoms with Gasteiger partial charge in [-0.1, -0.05) is 50.2 Å². The fourth-order valence-corrected chi connectivity index (χ4v) is 3.29. The molecule has 3 atom stereocenters. The van der Waals surface area contributed by atoms with Crippen molar-refractivity contribution in [2.75, 3.05) is 13.1 Å². The second-order valence-corrected chi connectivity index (χ2v) is 8.40. The molecule has 36 heavy (non-hydrogen) atoms. The first-order chi connectivity index (χ1) is 17.2. The van der Waals surface area contributed by atoms with Crippen molar-refractivity contribution in [3.8, 4) is 0 Å². The smallest absolute Gasteiger partial charge is 0.346 e. The van der Waals surface area contributed by atoms with Crippen molar-refractivity contribution in [1.29, 1.82) is 0 Å². The summed E-state index contributed by atoms with van der Waals surface area (Å²) in [5.74, 6) is -5.27. The lowest BCUT2D eigenvalue weighted by Crippen LogP contribution is -2.45. The number of hydrogen-bond acceptors (Lipinski definition) is 10. The largest absolute Gasteiger partial charge is 0.387 e. The number of rotatable bonds is 7. The fourth-order valence-electron chi connectivity index (χ4n) is 3.29. The van der Waals surface area contributed by atoms with E-state index in [1.807, 2.05) is 0 Å². The van der Waals surface area contributed by atoms with Gasteiger partial charge in [-0.25, -0.2) is 19.2 Å². The minimum Gasteiger partial charge on any atom is -0.387 e. The zero-order valence-corrected chi connectivity index (χ0v) is 20.3. The molecule has 194 valence electrons. The molecular weight excluding hydrogens is 468 g/mol. The van der Waals surface area contributed by atoms with Crippen molar-refractivity contribution in [3.63, 3.8) is 0 Å². The summed E-state index contributed by atoms with van der Waals surface area (Å²) in [6.07, 6.45) is -2.15. The zero-order valence-electron chi connectivity index (χ0n) is 20.3. The molecule has 0 unspecified atom stereocenters. The molecule has 0 bridgehead atoms. The maximum absolute atomic E-state index is 11.7. The summed E-state index contributed by atoms with van der Waals surface area (Å²) in [6.45, 7) is 6.76. The molecule has 0 saturated carbocycles. The van der Waals surface area contributed by atoms with Gasteiger partial charge in [0.25, 0.3) is 0 Å². The number of aliphatic hydroxyl groups excluding tert-OH is 2. The van der Waals surface area contributed by atoms with Crippen LogP contribution in [0.15, 0.2) is 60.7 Å². The lowest BCUT2D eigenvalue weighted by Gasteiger charge is -2.25. The van der Waals surface area contributed by atoms with E-state index in [4.69, 9.17) is 0 Å². The molecule has 1 heterocycles. The number of carbonyl (C=O) groups is 4. The van der Waals surface area contributed by atoms with Crippen molar-refractivity contribution < 1.29 is 38.9 Å². The van der Waals surface area contributed by atoms with Crippen molar-refractivity contribution in [2.24, 2.45) is 0 Å². The van der Waals surface area contributed by atoms with Gasteiger partial charge < -0.3 is 30.3 Å². The lowest BCUT2D eigenvalue weighted by atomic mass is 10.1. The van der Waals surface area contributed by atoms with Gasteiger partial charge in [0, 0.05) is 18.6 Å². The standard InChI is InChI=1S/C18H14O8.C8H18N2/c19-13(17(23)25-15(21)11-7-3-1-4-8-11)14(20)18(24)26-16(22)12-9-5-2-6-10-12;1-7(2)10-8-4-3-5-9-6-8/h1-10,13-14,19-20H;7-10H,3-6H2,1-2H3/t13-,14-;8-/m01/s1. The van der Waals surface area contributed by atoms with Gasteiger partial charge in [-0.3, -0.25) is 0 Å². The third-order valence-electron chi connectivity index (χ3n) is 5.05. The van der Waals surface area contributed by atoms with Gasteiger partial charge in [-0.15, -0.1) is 0 Å². The van der Waals surface area contributed by atoms with Gasteiger partial charge in [0.05, 0.1) is 11.1 Å². The summed E-state index contributed by atoms with van der Waals surface area (Å²) in [5.41, 5.74) is 0.0637. The Morgan fingerprint density at radius 2 is 1.28 bits per heavy atom. The van der Waals surface area contributed by atoms with Crippen LogP contribution < -0.4 is 10.6 Å². The summed E-state index contributed by atoms with van der Waals surface area (Å²) >= 11 is 0. The highest BCUT2D eigenvalue weighted by molar-refractivity contribution is 6.01. The molecule has 1 aliphatic rings. The monoisotopic (exact) mass is 500 g/mol. The number of aliphatic hydroxyl groups is 2. The minimum atomic E-state index is -2.40. The van der Waals surface area contributed by atoms with Crippen molar-refractivity contribution >= 4 is 23.9 Å². The second-order valence-electron chi connectivity index (χ2n) is 8.40. The molecular formula is C26H32N2O8. The summed E-state index contributed by atoms with van der Waals surface area (Å²) < 4.78 is 8.76. The summed E-state index contributed by atoms with van der Waals surface area (Å²) in [5, 5.41) is 26.2. The molecule has 0 spiro atoms. The van der Waals surface area contributed by atoms with Gasteiger partial charge in [0.15, 0.2) is 12.2 Å². The molecule has 1 aliphatic heterocycles. The van der Waals surface area contributed by atoms with E-state index in [-0.39, 0.29) is 11.1 Å². The predicted octanol–water partition coefficient (Wildman–Crippen LogP) is 1.21. The van der Waals surface area contributed by atoms with Crippen LogP contribution in [0.5, 0.6) is 0 Å². The van der Waals surface area contributed by atoms with Crippen LogP contribution >= 0.6 is 0 Å². The summed E-state index contributed by atoms with van der Waals surface area (Å²) in [7, 11) is 0. The SMILES string of the molecule is CC(C)N[C@@H]1CCCNC1.O=C(OC(=O)[C@@H](O)[C@H](O)C(=O)OC(=O)c1ccccc1)c1ccccc1. The number of piperidine rings is 1. The Morgan fingerprint density at radius 3 is 1.64 bits per heavy atom. The average Bonchev–Trinajstić information content (AvgIpc) is 2.89. The predicted molar refractivity (Wildman–Crippen MR) is 130 cm³/mol. The number of ether oxygens (including phenoxy) is 2. The maximum atomic E-state index is 11.7. The van der Waals surface area contributed by atoms with Crippen molar-refractivity contribution in [2.45, 2.75) is 51.0 Å². The molecule has 1 fully saturated rings. The Labute approximate surface area is 209 Å². The van der Waals surface area contributed by atoms with Crippen LogP contribution in [-0.4, -0.2) is 71.5 Å². The fraction of sp³-hybridized carbons (Fsp3) is 0.385. The number of hydrogen-bond donors (Lipinski definition) is 4. The average molecular weight is 501 g/mol. The van der Waals surface area contributed by atoms with Crippen LogP contribution in [0.4, 0.5) is 0 Å². The van der Waals surface area contributed by atoms with E-state index in [1.165, 1.54) is 67.9 Å². The molecule has 2 aromatic carbocycles. The highest BCUT2D eigenvalue weighted by Crippen LogP contribution is 2.07. The van der Waals surface area contributed by atoms with E-state index in [2.05, 4.69) is 34.0 Å². The summed E-state index contributed by atoms with van der Waals surface area (Å²) in [4.78, 5) is 46.8. The molecule has 10 nitrogen and oxygen atoms in total. The van der Waals surface area contributed by atoms with E-state index in [0.29, 0.717) is 12.1 Å². The zero-order chi connectivity index (χ0) is 26.5. The van der Waals surface area contributed by atoms with E-state index >= 15 is 0 Å². The molecule has 0 amide bonds. The van der Waals surface area contributed by atoms with Crippen LogP contribution in [0.1, 0.15) is 47.4 Å². The highest BCUT2D eigenvalue weighted by Gasteiger charge is 2.35. The molecule has 10 heteroatoms. The van der Waals surface area contributed by atoms with Gasteiger partial charge >= 0.3 is 23.9 Å². The number of esters is 4. The number of carbonyl (C=O) groups excluding carboxylic acids is 4. The van der Waals surface area contributed by atoms with Crippen molar-refractivity contribution in [1.82, 2.24) is 10.6 Å². The lowest BCUT2D eigenvalue weighted by molar-refractivity contribution is -0.166. The van der Waals surface area contributed by atoms with E-state index in [0.717, 1.165) is 6.54 Å². The topological polar surface area (TPSA) is 151 Å². The molecule has 0 aromatic heterocycles. The summed E-state index contributed by atoms with van der Waals surface area (Å²) in [6, 6.07) is 16.2. The third kappa shape index (κ3) is 9.67. The molecule has 4 N–H and O–H groups in total. The molecule has 2 aromatic rings. The van der Waals surface area contributed by atoms with E-state index in [9.17, 15) is 29.4 Å². The minimum absolute atomic E-state index is 0.0318. The van der Waals surface area contributed by atoms with Crippen molar-refractivity contribution in [3.05, 3.63) is 71.8 Å². The van der Waals surface area contributed by atoms with Crippen LogP contribution in [0.25, 0.3) is 0 Å². The third-order valence-corrected chi connectivity index (χ3v) is 5.05. The Kier molecular flexibility index (Phi) is 11.9. The number of nitrogens with one attached hydrogen (secondary N) is 2. The molecule has 1 saturated heterocycles. The van der Waals surface area contributed by atoms with Gasteiger partial charge in [0.1, 0.15) is 0 Å². The molecule has 0 aliphatic carbocycles. The Bertz CT molecular complexity index is 922. The first-order valence-electron chi connectivity index (χ1n) is 11.6. The molecule has 3 rings (SSSR count).